The van der Waals surface area contributed by atoms with Crippen molar-refractivity contribution in [1.29, 1.82) is 0 Å². The van der Waals surface area contributed by atoms with Crippen LogP contribution in [0.4, 0.5) is 0 Å². The fourth-order valence-electron chi connectivity index (χ4n) is 2.91. The zero-order valence-electron chi connectivity index (χ0n) is 15.5. The third kappa shape index (κ3) is 3.75. The number of nitrogens with zero attached hydrogens (tertiary/aromatic N) is 3. The van der Waals surface area contributed by atoms with E-state index in [-0.39, 0.29) is 0 Å². The van der Waals surface area contributed by atoms with Crippen molar-refractivity contribution < 1.29 is 8.42 Å². The first-order valence-corrected chi connectivity index (χ1v) is 12.1. The van der Waals surface area contributed by atoms with Gasteiger partial charge in [0.1, 0.15) is 4.21 Å². The zero-order valence-corrected chi connectivity index (χ0v) is 18.0. The monoisotopic (exact) mass is 432 g/mol. The Morgan fingerprint density at radius 1 is 1.18 bits per heavy atom. The molecule has 0 fully saturated rings. The molecule has 28 heavy (non-hydrogen) atoms. The first-order chi connectivity index (χ1) is 13.5. The van der Waals surface area contributed by atoms with Gasteiger partial charge in [0, 0.05) is 28.8 Å². The van der Waals surface area contributed by atoms with Crippen LogP contribution in [0.2, 0.25) is 0 Å². The van der Waals surface area contributed by atoms with Crippen LogP contribution in [0.1, 0.15) is 23.1 Å². The van der Waals surface area contributed by atoms with E-state index >= 15 is 0 Å². The molecular weight excluding hydrogens is 412 g/mol. The van der Waals surface area contributed by atoms with Gasteiger partial charge in [0.15, 0.2) is 5.82 Å². The lowest BCUT2D eigenvalue weighted by Gasteiger charge is -2.04. The number of hydrogen-bond acceptors (Lipinski definition) is 6. The van der Waals surface area contributed by atoms with Gasteiger partial charge in [0.05, 0.1) is 5.69 Å². The van der Waals surface area contributed by atoms with Gasteiger partial charge in [-0.3, -0.25) is 0 Å². The van der Waals surface area contributed by atoms with Crippen LogP contribution in [0.5, 0.6) is 0 Å². The maximum atomic E-state index is 12.4. The second kappa shape index (κ2) is 7.75. The lowest BCUT2D eigenvalue weighted by Crippen LogP contribution is -2.25. The van der Waals surface area contributed by atoms with Crippen LogP contribution in [0.3, 0.4) is 0 Å². The lowest BCUT2D eigenvalue weighted by atomic mass is 10.1. The molecule has 1 aromatic carbocycles. The summed E-state index contributed by atoms with van der Waals surface area (Å²) in [4.78, 5) is 6.48. The summed E-state index contributed by atoms with van der Waals surface area (Å²) in [6, 6.07) is 11.5. The fraction of sp³-hybridized carbons (Fsp3) is 0.263. The van der Waals surface area contributed by atoms with Crippen molar-refractivity contribution in [3.63, 3.8) is 0 Å². The highest BCUT2D eigenvalue weighted by atomic mass is 32.2. The van der Waals surface area contributed by atoms with Gasteiger partial charge in [0.2, 0.25) is 15.0 Å². The van der Waals surface area contributed by atoms with Crippen LogP contribution >= 0.6 is 22.7 Å². The Balaban J connectivity index is 1.49. The van der Waals surface area contributed by atoms with Crippen molar-refractivity contribution in [2.45, 2.75) is 30.9 Å². The normalized spacial score (nSPS) is 12.1. The van der Waals surface area contributed by atoms with Crippen LogP contribution in [-0.2, 0) is 22.9 Å². The first-order valence-electron chi connectivity index (χ1n) is 8.95. The van der Waals surface area contributed by atoms with Gasteiger partial charge in [0.25, 0.3) is 0 Å². The number of aryl methyl sites for hydroxylation is 2. The molecule has 0 radical (unpaired) electrons. The van der Waals surface area contributed by atoms with E-state index in [1.807, 2.05) is 49.6 Å². The van der Waals surface area contributed by atoms with Gasteiger partial charge < -0.3 is 0 Å². The van der Waals surface area contributed by atoms with Crippen LogP contribution in [0.25, 0.3) is 16.3 Å². The third-order valence-corrected chi connectivity index (χ3v) is 8.51. The summed E-state index contributed by atoms with van der Waals surface area (Å²) < 4.78 is 29.8. The zero-order chi connectivity index (χ0) is 19.7. The number of hydrogen-bond donors (Lipinski definition) is 1. The molecule has 3 aromatic heterocycles. The van der Waals surface area contributed by atoms with Crippen molar-refractivity contribution in [1.82, 2.24) is 19.3 Å². The number of nitrogens with one attached hydrogen (secondary N) is 1. The Morgan fingerprint density at radius 2 is 2.00 bits per heavy atom. The van der Waals surface area contributed by atoms with E-state index in [4.69, 9.17) is 0 Å². The molecule has 3 heterocycles. The van der Waals surface area contributed by atoms with Gasteiger partial charge in [-0.15, -0.1) is 27.8 Å². The second-order valence-corrected chi connectivity index (χ2v) is 10.4. The summed E-state index contributed by atoms with van der Waals surface area (Å²) in [5.41, 5.74) is 3.07. The van der Waals surface area contributed by atoms with Crippen molar-refractivity contribution >= 4 is 37.7 Å². The van der Waals surface area contributed by atoms with Gasteiger partial charge in [-0.2, -0.15) is 4.98 Å². The number of aromatic nitrogens is 3. The fourth-order valence-corrected chi connectivity index (χ4v) is 6.14. The summed E-state index contributed by atoms with van der Waals surface area (Å²) in [5.74, 6) is 0.692. The van der Waals surface area contributed by atoms with Crippen LogP contribution < -0.4 is 4.72 Å². The molecule has 0 unspecified atom stereocenters. The first kappa shape index (κ1) is 19.3. The molecule has 0 spiro atoms. The molecule has 0 amide bonds. The van der Waals surface area contributed by atoms with Gasteiger partial charge >= 0.3 is 0 Å². The highest BCUT2D eigenvalue weighted by molar-refractivity contribution is 7.91. The Hall–Kier alpha value is -2.07. The highest BCUT2D eigenvalue weighted by Crippen LogP contribution is 2.24. The van der Waals surface area contributed by atoms with E-state index in [0.29, 0.717) is 23.0 Å². The number of rotatable bonds is 7. The molecule has 0 aliphatic rings. The number of sulfonamides is 1. The van der Waals surface area contributed by atoms with E-state index in [2.05, 4.69) is 14.8 Å². The molecule has 0 aliphatic heterocycles. The predicted octanol–water partition coefficient (Wildman–Crippen LogP) is 3.91. The van der Waals surface area contributed by atoms with Gasteiger partial charge in [-0.1, -0.05) is 31.2 Å². The average molecular weight is 433 g/mol. The van der Waals surface area contributed by atoms with Crippen molar-refractivity contribution in [3.05, 3.63) is 57.9 Å². The second-order valence-electron chi connectivity index (χ2n) is 6.39. The Morgan fingerprint density at radius 3 is 2.75 bits per heavy atom. The summed E-state index contributed by atoms with van der Waals surface area (Å²) >= 11 is 2.83. The van der Waals surface area contributed by atoms with E-state index in [1.54, 1.807) is 10.6 Å². The summed E-state index contributed by atoms with van der Waals surface area (Å²) in [6.45, 7) is 4.36. The molecule has 4 aromatic rings. The lowest BCUT2D eigenvalue weighted by molar-refractivity contribution is 0.583. The molecule has 146 valence electrons. The van der Waals surface area contributed by atoms with Crippen LogP contribution in [0.15, 0.2) is 46.0 Å². The van der Waals surface area contributed by atoms with E-state index < -0.39 is 10.0 Å². The van der Waals surface area contributed by atoms with Crippen LogP contribution in [0, 0.1) is 6.92 Å². The minimum absolute atomic E-state index is 0.313. The standard InChI is InChI=1S/C19H20N4O2S3/c1-3-15-8-9-17(27-15)28(24,25)20-11-10-14-12-26-19-21-18(22-23(14)19)16-7-5-4-6-13(16)2/h4-9,12,20H,3,10-11H2,1-2H3. The Labute approximate surface area is 171 Å². The molecule has 6 nitrogen and oxygen atoms in total. The van der Waals surface area contributed by atoms with E-state index in [1.165, 1.54) is 22.7 Å². The van der Waals surface area contributed by atoms with E-state index in [9.17, 15) is 8.42 Å². The maximum Gasteiger partial charge on any atom is 0.250 e. The smallest absolute Gasteiger partial charge is 0.210 e. The number of fused-ring (bicyclic) bond motifs is 1. The molecular formula is C19H20N4O2S3. The average Bonchev–Trinajstić information content (AvgIpc) is 3.38. The Kier molecular flexibility index (Phi) is 5.33. The largest absolute Gasteiger partial charge is 0.250 e. The number of benzene rings is 1. The summed E-state index contributed by atoms with van der Waals surface area (Å²) in [5, 5.41) is 6.61. The van der Waals surface area contributed by atoms with Gasteiger partial charge in [-0.05, 0) is 31.0 Å². The highest BCUT2D eigenvalue weighted by Gasteiger charge is 2.17. The number of thiophene rings is 1. The SMILES string of the molecule is CCc1ccc(S(=O)(=O)NCCc2csc3nc(-c4ccccc4C)nn23)s1. The molecule has 0 saturated carbocycles. The molecule has 0 bridgehead atoms. The minimum atomic E-state index is -3.47. The molecule has 1 N–H and O–H groups in total. The molecule has 0 aliphatic carbocycles. The number of thiazole rings is 1. The predicted molar refractivity (Wildman–Crippen MR) is 114 cm³/mol. The van der Waals surface area contributed by atoms with E-state index in [0.717, 1.165) is 33.1 Å². The van der Waals surface area contributed by atoms with Crippen molar-refractivity contribution in [2.24, 2.45) is 0 Å². The van der Waals surface area contributed by atoms with Gasteiger partial charge in [-0.25, -0.2) is 17.7 Å². The topological polar surface area (TPSA) is 76.4 Å². The van der Waals surface area contributed by atoms with Crippen LogP contribution in [-0.4, -0.2) is 29.6 Å². The molecule has 4 rings (SSSR count). The third-order valence-electron chi connectivity index (χ3n) is 4.46. The maximum absolute atomic E-state index is 12.4. The van der Waals surface area contributed by atoms with Crippen molar-refractivity contribution in [3.8, 4) is 11.4 Å². The van der Waals surface area contributed by atoms with Crippen molar-refractivity contribution in [2.75, 3.05) is 6.54 Å². The minimum Gasteiger partial charge on any atom is -0.210 e. The summed E-state index contributed by atoms with van der Waals surface area (Å²) in [7, 11) is -3.47. The Bertz CT molecular complexity index is 1220. The quantitative estimate of drug-likeness (QED) is 0.480. The molecule has 0 saturated heterocycles. The molecule has 0 atom stereocenters. The summed E-state index contributed by atoms with van der Waals surface area (Å²) in [6.07, 6.45) is 1.38. The molecule has 9 heteroatoms.